The average molecular weight is 262 g/mol. The van der Waals surface area contributed by atoms with E-state index < -0.39 is 17.3 Å². The molecule has 6 heteroatoms. The highest BCUT2D eigenvalue weighted by molar-refractivity contribution is 5.13. The van der Waals surface area contributed by atoms with Gasteiger partial charge in [0.15, 0.2) is 0 Å². The predicted molar refractivity (Wildman–Crippen MR) is 63.4 cm³/mol. The number of alkyl halides is 3. The van der Waals surface area contributed by atoms with Crippen LogP contribution in [0.4, 0.5) is 13.2 Å². The van der Waals surface area contributed by atoms with Crippen LogP contribution in [0.5, 0.6) is 0 Å². The van der Waals surface area contributed by atoms with Crippen molar-refractivity contribution in [2.75, 3.05) is 13.1 Å². The molecule has 0 bridgehead atoms. The first-order chi connectivity index (χ1) is 8.30. The molecule has 0 aromatic carbocycles. The monoisotopic (exact) mass is 262 g/mol. The van der Waals surface area contributed by atoms with Crippen LogP contribution in [0.2, 0.25) is 0 Å². The van der Waals surface area contributed by atoms with Gasteiger partial charge in [-0.25, -0.2) is 0 Å². The highest BCUT2D eigenvalue weighted by Crippen LogP contribution is 2.27. The lowest BCUT2D eigenvalue weighted by Gasteiger charge is -2.11. The molecule has 3 nitrogen and oxygen atoms in total. The van der Waals surface area contributed by atoms with Crippen LogP contribution in [0.25, 0.3) is 0 Å². The van der Waals surface area contributed by atoms with Crippen molar-refractivity contribution in [3.8, 4) is 0 Å². The molecule has 0 radical (unpaired) electrons. The fraction of sp³-hybridized carbons (Fsp3) is 0.583. The number of aromatic nitrogens is 1. The lowest BCUT2D eigenvalue weighted by atomic mass is 10.2. The summed E-state index contributed by atoms with van der Waals surface area (Å²) in [7, 11) is 0. The van der Waals surface area contributed by atoms with E-state index in [0.29, 0.717) is 12.5 Å². The van der Waals surface area contributed by atoms with Crippen molar-refractivity contribution >= 4 is 0 Å². The number of pyridine rings is 1. The number of hydrogen-bond donors (Lipinski definition) is 1. The molecule has 0 atom stereocenters. The van der Waals surface area contributed by atoms with Gasteiger partial charge >= 0.3 is 6.18 Å². The molecular formula is C12H17F3N2O. The summed E-state index contributed by atoms with van der Waals surface area (Å²) in [5.74, 6) is 0.461. The number of nitrogens with zero attached hydrogens (tertiary/aromatic N) is 1. The minimum absolute atomic E-state index is 0.232. The summed E-state index contributed by atoms with van der Waals surface area (Å²) in [4.78, 5) is 11.4. The minimum atomic E-state index is -4.42. The van der Waals surface area contributed by atoms with Gasteiger partial charge in [0.25, 0.3) is 5.56 Å². The Kier molecular flexibility index (Phi) is 4.95. The Balaban J connectivity index is 2.68. The molecular weight excluding hydrogens is 245 g/mol. The molecule has 0 fully saturated rings. The molecule has 0 spiro atoms. The van der Waals surface area contributed by atoms with Gasteiger partial charge in [-0.2, -0.15) is 13.2 Å². The normalized spacial score (nSPS) is 12.1. The summed E-state index contributed by atoms with van der Waals surface area (Å²) in [6, 6.07) is 1.76. The third-order valence-corrected chi connectivity index (χ3v) is 2.39. The smallest absolute Gasteiger partial charge is 0.315 e. The van der Waals surface area contributed by atoms with Crippen molar-refractivity contribution in [1.29, 1.82) is 0 Å². The lowest BCUT2D eigenvalue weighted by molar-refractivity contribution is -0.138. The summed E-state index contributed by atoms with van der Waals surface area (Å²) < 4.78 is 38.5. The van der Waals surface area contributed by atoms with Gasteiger partial charge in [-0.1, -0.05) is 13.8 Å². The topological polar surface area (TPSA) is 34.0 Å². The lowest BCUT2D eigenvalue weighted by Crippen LogP contribution is -2.29. The molecule has 1 heterocycles. The zero-order chi connectivity index (χ0) is 13.8. The van der Waals surface area contributed by atoms with Gasteiger partial charge in [0.05, 0.1) is 5.56 Å². The van der Waals surface area contributed by atoms with Crippen LogP contribution in [0, 0.1) is 5.92 Å². The number of nitrogens with one attached hydrogen (secondary N) is 1. The van der Waals surface area contributed by atoms with Gasteiger partial charge in [0, 0.05) is 25.4 Å². The van der Waals surface area contributed by atoms with Crippen molar-refractivity contribution < 1.29 is 13.2 Å². The van der Waals surface area contributed by atoms with Crippen LogP contribution in [0.1, 0.15) is 19.4 Å². The van der Waals surface area contributed by atoms with Crippen LogP contribution in [-0.2, 0) is 12.7 Å². The van der Waals surface area contributed by atoms with Gasteiger partial charge in [0.1, 0.15) is 0 Å². The molecule has 0 unspecified atom stereocenters. The van der Waals surface area contributed by atoms with E-state index in [1.54, 1.807) is 0 Å². The van der Waals surface area contributed by atoms with Gasteiger partial charge < -0.3 is 9.88 Å². The first kappa shape index (κ1) is 14.8. The molecule has 0 saturated carbocycles. The fourth-order valence-corrected chi connectivity index (χ4v) is 1.46. The van der Waals surface area contributed by atoms with E-state index in [1.165, 1.54) is 0 Å². The maximum Gasteiger partial charge on any atom is 0.417 e. The van der Waals surface area contributed by atoms with E-state index in [2.05, 4.69) is 5.32 Å². The van der Waals surface area contributed by atoms with Crippen LogP contribution in [0.3, 0.4) is 0 Å². The van der Waals surface area contributed by atoms with Crippen LogP contribution < -0.4 is 10.9 Å². The van der Waals surface area contributed by atoms with Crippen LogP contribution in [-0.4, -0.2) is 17.7 Å². The quantitative estimate of drug-likeness (QED) is 0.825. The SMILES string of the molecule is CC(C)CNCCn1cc(C(F)(F)F)ccc1=O. The Hall–Kier alpha value is -1.30. The van der Waals surface area contributed by atoms with E-state index in [0.717, 1.165) is 29.4 Å². The van der Waals surface area contributed by atoms with Crippen molar-refractivity contribution in [2.24, 2.45) is 5.92 Å². The molecule has 1 rings (SSSR count). The van der Waals surface area contributed by atoms with Crippen LogP contribution in [0.15, 0.2) is 23.1 Å². The van der Waals surface area contributed by atoms with E-state index in [9.17, 15) is 18.0 Å². The molecule has 0 aliphatic carbocycles. The average Bonchev–Trinajstić information content (AvgIpc) is 2.24. The van der Waals surface area contributed by atoms with Crippen molar-refractivity contribution in [2.45, 2.75) is 26.6 Å². The Labute approximate surface area is 104 Å². The molecule has 1 aromatic rings. The summed E-state index contributed by atoms with van der Waals surface area (Å²) in [5.41, 5.74) is -1.22. The highest BCUT2D eigenvalue weighted by atomic mass is 19.4. The third-order valence-electron chi connectivity index (χ3n) is 2.39. The maximum absolute atomic E-state index is 12.5. The number of hydrogen-bond acceptors (Lipinski definition) is 2. The standard InChI is InChI=1S/C12H17F3N2O/c1-9(2)7-16-5-6-17-8-10(12(13,14)15)3-4-11(17)18/h3-4,8-9,16H,5-7H2,1-2H3. The first-order valence-corrected chi connectivity index (χ1v) is 5.79. The van der Waals surface area contributed by atoms with E-state index in [-0.39, 0.29) is 6.54 Å². The second kappa shape index (κ2) is 6.04. The highest BCUT2D eigenvalue weighted by Gasteiger charge is 2.30. The fourth-order valence-electron chi connectivity index (χ4n) is 1.46. The maximum atomic E-state index is 12.5. The summed E-state index contributed by atoms with van der Waals surface area (Å²) in [6.07, 6.45) is -3.56. The summed E-state index contributed by atoms with van der Waals surface area (Å²) in [5, 5.41) is 3.08. The molecule has 1 N–H and O–H groups in total. The van der Waals surface area contributed by atoms with Crippen molar-refractivity contribution in [1.82, 2.24) is 9.88 Å². The summed E-state index contributed by atoms with van der Waals surface area (Å²) in [6.45, 7) is 5.54. The number of halogens is 3. The molecule has 102 valence electrons. The van der Waals surface area contributed by atoms with E-state index in [1.807, 2.05) is 13.8 Å². The predicted octanol–water partition coefficient (Wildman–Crippen LogP) is 2.11. The zero-order valence-electron chi connectivity index (χ0n) is 10.4. The first-order valence-electron chi connectivity index (χ1n) is 5.79. The van der Waals surface area contributed by atoms with Crippen molar-refractivity contribution in [3.05, 3.63) is 34.2 Å². The number of rotatable bonds is 5. The molecule has 0 aliphatic heterocycles. The Bertz CT molecular complexity index is 438. The van der Waals surface area contributed by atoms with Gasteiger partial charge in [-0.05, 0) is 18.5 Å². The molecule has 1 aromatic heterocycles. The molecule has 0 saturated heterocycles. The molecule has 18 heavy (non-hydrogen) atoms. The summed E-state index contributed by atoms with van der Waals surface area (Å²) >= 11 is 0. The largest absolute Gasteiger partial charge is 0.417 e. The molecule has 0 amide bonds. The van der Waals surface area contributed by atoms with Gasteiger partial charge in [-0.15, -0.1) is 0 Å². The Morgan fingerprint density at radius 1 is 1.33 bits per heavy atom. The minimum Gasteiger partial charge on any atom is -0.315 e. The van der Waals surface area contributed by atoms with E-state index >= 15 is 0 Å². The zero-order valence-corrected chi connectivity index (χ0v) is 10.4. The third kappa shape index (κ3) is 4.52. The van der Waals surface area contributed by atoms with Crippen LogP contribution >= 0.6 is 0 Å². The second-order valence-corrected chi connectivity index (χ2v) is 4.55. The second-order valence-electron chi connectivity index (χ2n) is 4.55. The van der Waals surface area contributed by atoms with Gasteiger partial charge in [-0.3, -0.25) is 4.79 Å². The Morgan fingerprint density at radius 3 is 2.56 bits per heavy atom. The van der Waals surface area contributed by atoms with Crippen molar-refractivity contribution in [3.63, 3.8) is 0 Å². The Morgan fingerprint density at radius 2 is 2.00 bits per heavy atom. The van der Waals surface area contributed by atoms with E-state index in [4.69, 9.17) is 0 Å². The van der Waals surface area contributed by atoms with Gasteiger partial charge in [0.2, 0.25) is 0 Å². The molecule has 0 aliphatic rings.